The summed E-state index contributed by atoms with van der Waals surface area (Å²) in [7, 11) is 0. The molecule has 2 heterocycles. The summed E-state index contributed by atoms with van der Waals surface area (Å²) in [5, 5.41) is 16.6. The van der Waals surface area contributed by atoms with Crippen molar-refractivity contribution in [2.24, 2.45) is 0 Å². The molecule has 1 amide bonds. The minimum absolute atomic E-state index is 0.0657. The maximum absolute atomic E-state index is 12.8. The van der Waals surface area contributed by atoms with Gasteiger partial charge < -0.3 is 10.4 Å². The molecule has 1 atom stereocenters. The van der Waals surface area contributed by atoms with Crippen molar-refractivity contribution in [3.63, 3.8) is 0 Å². The average Bonchev–Trinajstić information content (AvgIpc) is 3.05. The smallest absolute Gasteiger partial charge is 0.325 e. The van der Waals surface area contributed by atoms with E-state index in [4.69, 9.17) is 10.1 Å². The van der Waals surface area contributed by atoms with Crippen LogP contribution in [-0.4, -0.2) is 37.8 Å². The highest BCUT2D eigenvalue weighted by atomic mass is 16.4. The van der Waals surface area contributed by atoms with Crippen LogP contribution in [0.3, 0.4) is 0 Å². The second-order valence-electron chi connectivity index (χ2n) is 6.82. The number of aryl methyl sites for hydroxylation is 1. The molecule has 0 aliphatic carbocycles. The van der Waals surface area contributed by atoms with E-state index < -0.39 is 17.9 Å². The molecule has 0 aliphatic heterocycles. The Bertz CT molecular complexity index is 1020. The number of nitrogens with one attached hydrogen (secondary N) is 1. The number of carbonyl (C=O) groups excluding carboxylic acids is 1. The predicted molar refractivity (Wildman–Crippen MR) is 103 cm³/mol. The Morgan fingerprint density at radius 3 is 2.52 bits per heavy atom. The molecule has 7 heteroatoms. The van der Waals surface area contributed by atoms with Gasteiger partial charge in [-0.25, -0.2) is 9.67 Å². The number of hydrogen-bond donors (Lipinski definition) is 2. The first-order valence-electron chi connectivity index (χ1n) is 8.77. The third kappa shape index (κ3) is 3.53. The van der Waals surface area contributed by atoms with Crippen LogP contribution < -0.4 is 5.32 Å². The lowest BCUT2D eigenvalue weighted by atomic mass is 10.0. The van der Waals surface area contributed by atoms with Crippen LogP contribution in [0, 0.1) is 6.92 Å². The average molecular weight is 366 g/mol. The molecule has 0 unspecified atom stereocenters. The summed E-state index contributed by atoms with van der Waals surface area (Å²) in [4.78, 5) is 28.6. The summed E-state index contributed by atoms with van der Waals surface area (Å²) in [6.45, 7) is 7.38. The van der Waals surface area contributed by atoms with Gasteiger partial charge in [0.2, 0.25) is 0 Å². The van der Waals surface area contributed by atoms with Crippen molar-refractivity contribution in [2.75, 3.05) is 0 Å². The first-order chi connectivity index (χ1) is 12.8. The van der Waals surface area contributed by atoms with Crippen LogP contribution in [-0.2, 0) is 4.79 Å². The van der Waals surface area contributed by atoms with Gasteiger partial charge in [-0.2, -0.15) is 5.10 Å². The monoisotopic (exact) mass is 366 g/mol. The summed E-state index contributed by atoms with van der Waals surface area (Å²) in [6.07, 6.45) is 1.60. The van der Waals surface area contributed by atoms with Gasteiger partial charge in [0.05, 0.1) is 22.8 Å². The fourth-order valence-corrected chi connectivity index (χ4v) is 2.92. The molecule has 2 aromatic heterocycles. The Hall–Kier alpha value is -3.22. The topological polar surface area (TPSA) is 97.1 Å². The van der Waals surface area contributed by atoms with Gasteiger partial charge in [-0.05, 0) is 39.3 Å². The zero-order chi connectivity index (χ0) is 19.7. The van der Waals surface area contributed by atoms with Crippen LogP contribution in [0.2, 0.25) is 0 Å². The number of aliphatic carboxylic acids is 1. The number of benzene rings is 1. The number of carboxylic acids is 1. The predicted octanol–water partition coefficient (Wildman–Crippen LogP) is 3.19. The van der Waals surface area contributed by atoms with Crippen LogP contribution in [0.1, 0.15) is 42.7 Å². The van der Waals surface area contributed by atoms with Gasteiger partial charge in [0.15, 0.2) is 5.65 Å². The fourth-order valence-electron chi connectivity index (χ4n) is 2.92. The van der Waals surface area contributed by atoms with Gasteiger partial charge in [-0.15, -0.1) is 0 Å². The lowest BCUT2D eigenvalue weighted by Gasteiger charge is -2.13. The van der Waals surface area contributed by atoms with Crippen LogP contribution in [0.4, 0.5) is 0 Å². The van der Waals surface area contributed by atoms with E-state index in [0.717, 1.165) is 11.1 Å². The van der Waals surface area contributed by atoms with E-state index in [-0.39, 0.29) is 6.04 Å². The van der Waals surface area contributed by atoms with Crippen molar-refractivity contribution in [1.82, 2.24) is 20.1 Å². The number of pyridine rings is 1. The van der Waals surface area contributed by atoms with E-state index >= 15 is 0 Å². The van der Waals surface area contributed by atoms with Gasteiger partial charge in [-0.3, -0.25) is 9.59 Å². The molecule has 0 saturated heterocycles. The summed E-state index contributed by atoms with van der Waals surface area (Å²) in [5.41, 5.74) is 3.55. The SMILES string of the molecule is Cc1ccccc1-c1cc(C(=O)N[C@@H](C)C(=O)O)c2cnn(C(C)C)c2n1. The Morgan fingerprint density at radius 1 is 1.19 bits per heavy atom. The van der Waals surface area contributed by atoms with Crippen LogP contribution in [0.5, 0.6) is 0 Å². The molecule has 0 bridgehead atoms. The minimum atomic E-state index is -1.09. The fraction of sp³-hybridized carbons (Fsp3) is 0.300. The molecule has 0 saturated carbocycles. The number of aromatic nitrogens is 3. The molecule has 0 radical (unpaired) electrons. The first kappa shape index (κ1) is 18.6. The third-order valence-corrected chi connectivity index (χ3v) is 4.44. The summed E-state index contributed by atoms with van der Waals surface area (Å²) < 4.78 is 1.76. The van der Waals surface area contributed by atoms with Crippen molar-refractivity contribution in [3.05, 3.63) is 47.7 Å². The van der Waals surface area contributed by atoms with Crippen molar-refractivity contribution in [2.45, 2.75) is 39.8 Å². The number of amides is 1. The number of nitrogens with zero attached hydrogens (tertiary/aromatic N) is 3. The van der Waals surface area contributed by atoms with Crippen molar-refractivity contribution in [1.29, 1.82) is 0 Å². The zero-order valence-electron chi connectivity index (χ0n) is 15.7. The van der Waals surface area contributed by atoms with Crippen LogP contribution >= 0.6 is 0 Å². The summed E-state index contributed by atoms with van der Waals surface area (Å²) >= 11 is 0. The van der Waals surface area contributed by atoms with Crippen molar-refractivity contribution in [3.8, 4) is 11.3 Å². The first-order valence-corrected chi connectivity index (χ1v) is 8.77. The molecule has 0 fully saturated rings. The number of carboxylic acid groups (broad SMARTS) is 1. The molecule has 0 aliphatic rings. The Kier molecular flexibility index (Phi) is 4.94. The van der Waals surface area contributed by atoms with Crippen LogP contribution in [0.15, 0.2) is 36.5 Å². The Morgan fingerprint density at radius 2 is 1.89 bits per heavy atom. The standard InChI is InChI=1S/C20H22N4O3/c1-11(2)24-18-16(10-21-24)15(19(25)22-13(4)20(26)27)9-17(23-18)14-8-6-5-7-12(14)3/h5-11,13H,1-4H3,(H,22,25)(H,26,27)/t13-/m0/s1. The quantitative estimate of drug-likeness (QED) is 0.723. The lowest BCUT2D eigenvalue weighted by Crippen LogP contribution is -2.38. The third-order valence-electron chi connectivity index (χ3n) is 4.44. The number of rotatable bonds is 5. The molecule has 1 aromatic carbocycles. The van der Waals surface area contributed by atoms with Crippen molar-refractivity contribution < 1.29 is 14.7 Å². The van der Waals surface area contributed by atoms with E-state index in [1.165, 1.54) is 6.92 Å². The van der Waals surface area contributed by atoms with Crippen molar-refractivity contribution >= 4 is 22.9 Å². The summed E-state index contributed by atoms with van der Waals surface area (Å²) in [6, 6.07) is 8.55. The molecule has 140 valence electrons. The van der Waals surface area contributed by atoms with Gasteiger partial charge in [0.25, 0.3) is 5.91 Å². The van der Waals surface area contributed by atoms with Gasteiger partial charge in [-0.1, -0.05) is 24.3 Å². The van der Waals surface area contributed by atoms with E-state index in [0.29, 0.717) is 22.3 Å². The number of hydrogen-bond acceptors (Lipinski definition) is 4. The number of carbonyl (C=O) groups is 2. The molecule has 3 rings (SSSR count). The van der Waals surface area contributed by atoms with E-state index in [1.807, 2.05) is 45.0 Å². The zero-order valence-corrected chi connectivity index (χ0v) is 15.7. The molecular weight excluding hydrogens is 344 g/mol. The largest absolute Gasteiger partial charge is 0.480 e. The van der Waals surface area contributed by atoms with Gasteiger partial charge in [0.1, 0.15) is 6.04 Å². The maximum atomic E-state index is 12.8. The highest BCUT2D eigenvalue weighted by Gasteiger charge is 2.21. The summed E-state index contributed by atoms with van der Waals surface area (Å²) in [5.74, 6) is -1.55. The van der Waals surface area contributed by atoms with Gasteiger partial charge >= 0.3 is 5.97 Å². The van der Waals surface area contributed by atoms with Gasteiger partial charge in [0, 0.05) is 11.6 Å². The second-order valence-corrected chi connectivity index (χ2v) is 6.82. The van der Waals surface area contributed by atoms with E-state index in [1.54, 1.807) is 16.9 Å². The highest BCUT2D eigenvalue weighted by molar-refractivity contribution is 6.07. The highest BCUT2D eigenvalue weighted by Crippen LogP contribution is 2.28. The molecule has 27 heavy (non-hydrogen) atoms. The van der Waals surface area contributed by atoms with E-state index in [2.05, 4.69) is 10.4 Å². The minimum Gasteiger partial charge on any atom is -0.480 e. The molecule has 7 nitrogen and oxygen atoms in total. The van der Waals surface area contributed by atoms with E-state index in [9.17, 15) is 9.59 Å². The Labute approximate surface area is 157 Å². The molecule has 3 aromatic rings. The molecule has 0 spiro atoms. The maximum Gasteiger partial charge on any atom is 0.325 e. The Balaban J connectivity index is 2.21. The second kappa shape index (κ2) is 7.19. The molecule has 2 N–H and O–H groups in total. The van der Waals surface area contributed by atoms with Crippen LogP contribution in [0.25, 0.3) is 22.3 Å². The number of fused-ring (bicyclic) bond motifs is 1. The molecular formula is C20H22N4O3. The lowest BCUT2D eigenvalue weighted by molar-refractivity contribution is -0.138. The normalized spacial score (nSPS) is 12.3.